The van der Waals surface area contributed by atoms with Crippen LogP contribution in [0.15, 0.2) is 23.6 Å². The SMILES string of the molecule is O=C(O)Cc1csc(CC(=O)Nc2cc(Cl)cc(Cl)c2)n1. The second kappa shape index (κ2) is 6.89. The molecule has 0 saturated carbocycles. The van der Waals surface area contributed by atoms with Crippen LogP contribution >= 0.6 is 34.5 Å². The molecular formula is C13H10Cl2N2O3S. The third kappa shape index (κ3) is 5.00. The average molecular weight is 345 g/mol. The fourth-order valence-electron chi connectivity index (χ4n) is 1.63. The summed E-state index contributed by atoms with van der Waals surface area (Å²) in [5.41, 5.74) is 0.945. The summed E-state index contributed by atoms with van der Waals surface area (Å²) in [5.74, 6) is -1.23. The highest BCUT2D eigenvalue weighted by molar-refractivity contribution is 7.09. The van der Waals surface area contributed by atoms with Crippen molar-refractivity contribution in [3.8, 4) is 0 Å². The van der Waals surface area contributed by atoms with Crippen LogP contribution in [0.4, 0.5) is 5.69 Å². The molecule has 0 fully saturated rings. The largest absolute Gasteiger partial charge is 0.481 e. The molecule has 1 aromatic carbocycles. The molecule has 0 bridgehead atoms. The first-order valence-corrected chi connectivity index (χ1v) is 7.47. The van der Waals surface area contributed by atoms with Crippen LogP contribution in [0.1, 0.15) is 10.7 Å². The van der Waals surface area contributed by atoms with Crippen LogP contribution in [0.2, 0.25) is 10.0 Å². The minimum Gasteiger partial charge on any atom is -0.481 e. The lowest BCUT2D eigenvalue weighted by molar-refractivity contribution is -0.136. The molecule has 0 saturated heterocycles. The summed E-state index contributed by atoms with van der Waals surface area (Å²) in [4.78, 5) is 26.5. The van der Waals surface area contributed by atoms with Gasteiger partial charge in [0.1, 0.15) is 5.01 Å². The van der Waals surface area contributed by atoms with Gasteiger partial charge in [0, 0.05) is 21.1 Å². The first kappa shape index (κ1) is 15.8. The Morgan fingerprint density at radius 3 is 2.48 bits per heavy atom. The molecule has 0 spiro atoms. The van der Waals surface area contributed by atoms with Crippen LogP contribution in [0.5, 0.6) is 0 Å². The lowest BCUT2D eigenvalue weighted by atomic mass is 10.3. The molecule has 2 N–H and O–H groups in total. The molecule has 0 aliphatic carbocycles. The van der Waals surface area contributed by atoms with E-state index < -0.39 is 5.97 Å². The maximum Gasteiger partial charge on any atom is 0.309 e. The quantitative estimate of drug-likeness (QED) is 0.872. The summed E-state index contributed by atoms with van der Waals surface area (Å²) in [5, 5.41) is 14.4. The van der Waals surface area contributed by atoms with E-state index in [1.807, 2.05) is 0 Å². The summed E-state index contributed by atoms with van der Waals surface area (Å²) < 4.78 is 0. The predicted octanol–water partition coefficient (Wildman–Crippen LogP) is 3.26. The number of carboxylic acids is 1. The molecule has 0 aliphatic heterocycles. The molecule has 0 unspecified atom stereocenters. The monoisotopic (exact) mass is 344 g/mol. The molecule has 21 heavy (non-hydrogen) atoms. The van der Waals surface area contributed by atoms with Crippen LogP contribution in [-0.2, 0) is 22.4 Å². The number of thiazole rings is 1. The zero-order chi connectivity index (χ0) is 15.4. The van der Waals surface area contributed by atoms with Crippen LogP contribution in [0.3, 0.4) is 0 Å². The summed E-state index contributed by atoms with van der Waals surface area (Å²) in [6.07, 6.45) is -0.0869. The predicted molar refractivity (Wildman–Crippen MR) is 82.2 cm³/mol. The highest BCUT2D eigenvalue weighted by Gasteiger charge is 2.10. The maximum absolute atomic E-state index is 11.9. The van der Waals surface area contributed by atoms with E-state index in [0.717, 1.165) is 0 Å². The van der Waals surface area contributed by atoms with E-state index in [-0.39, 0.29) is 18.7 Å². The molecule has 110 valence electrons. The van der Waals surface area contributed by atoms with E-state index >= 15 is 0 Å². The van der Waals surface area contributed by atoms with Crippen LogP contribution in [-0.4, -0.2) is 22.0 Å². The number of carboxylic acid groups (broad SMARTS) is 1. The molecule has 0 atom stereocenters. The Hall–Kier alpha value is -1.63. The second-order valence-corrected chi connectivity index (χ2v) is 6.00. The summed E-state index contributed by atoms with van der Waals surface area (Å²) in [6.45, 7) is 0. The standard InChI is InChI=1S/C13H10Cl2N2O3S/c14-7-1-8(15)3-9(2-7)16-11(18)5-12-17-10(6-21-12)4-13(19)20/h1-3,6H,4-5H2,(H,16,18)(H,19,20). The van der Waals surface area contributed by atoms with Crippen molar-refractivity contribution >= 4 is 52.1 Å². The van der Waals surface area contributed by atoms with Crippen molar-refractivity contribution in [3.63, 3.8) is 0 Å². The van der Waals surface area contributed by atoms with E-state index in [0.29, 0.717) is 26.4 Å². The van der Waals surface area contributed by atoms with Crippen molar-refractivity contribution in [1.82, 2.24) is 4.98 Å². The molecule has 0 radical (unpaired) electrons. The van der Waals surface area contributed by atoms with Crippen molar-refractivity contribution in [2.45, 2.75) is 12.8 Å². The fraction of sp³-hybridized carbons (Fsp3) is 0.154. The van der Waals surface area contributed by atoms with Gasteiger partial charge < -0.3 is 10.4 Å². The minimum absolute atomic E-state index is 0.0639. The van der Waals surface area contributed by atoms with Crippen molar-refractivity contribution in [1.29, 1.82) is 0 Å². The lowest BCUT2D eigenvalue weighted by Gasteiger charge is -2.05. The van der Waals surface area contributed by atoms with Gasteiger partial charge in [-0.15, -0.1) is 11.3 Å². The summed E-state index contributed by atoms with van der Waals surface area (Å²) in [6, 6.07) is 4.74. The molecule has 2 aromatic rings. The van der Waals surface area contributed by atoms with Gasteiger partial charge in [0.05, 0.1) is 18.5 Å². The van der Waals surface area contributed by atoms with Gasteiger partial charge in [0.25, 0.3) is 0 Å². The number of aromatic nitrogens is 1. The molecule has 1 heterocycles. The topological polar surface area (TPSA) is 79.3 Å². The van der Waals surface area contributed by atoms with E-state index in [1.165, 1.54) is 11.3 Å². The van der Waals surface area contributed by atoms with Crippen LogP contribution < -0.4 is 5.32 Å². The lowest BCUT2D eigenvalue weighted by Crippen LogP contribution is -2.14. The molecule has 5 nitrogen and oxygen atoms in total. The number of hydrogen-bond donors (Lipinski definition) is 2. The Morgan fingerprint density at radius 1 is 1.19 bits per heavy atom. The Morgan fingerprint density at radius 2 is 1.86 bits per heavy atom. The van der Waals surface area contributed by atoms with Gasteiger partial charge >= 0.3 is 5.97 Å². The van der Waals surface area contributed by atoms with Gasteiger partial charge in [-0.25, -0.2) is 4.98 Å². The molecule has 2 rings (SSSR count). The summed E-state index contributed by atoms with van der Waals surface area (Å²) >= 11 is 12.9. The summed E-state index contributed by atoms with van der Waals surface area (Å²) in [7, 11) is 0. The third-order valence-corrected chi connectivity index (χ3v) is 3.72. The first-order valence-electron chi connectivity index (χ1n) is 5.83. The molecule has 1 aromatic heterocycles. The van der Waals surface area contributed by atoms with E-state index in [9.17, 15) is 9.59 Å². The molecule has 1 amide bonds. The fourth-order valence-corrected chi connectivity index (χ4v) is 2.95. The van der Waals surface area contributed by atoms with Crippen molar-refractivity contribution in [2.75, 3.05) is 5.32 Å². The third-order valence-electron chi connectivity index (χ3n) is 2.39. The van der Waals surface area contributed by atoms with Crippen molar-refractivity contribution < 1.29 is 14.7 Å². The molecule has 0 aliphatic rings. The van der Waals surface area contributed by atoms with Crippen molar-refractivity contribution in [2.24, 2.45) is 0 Å². The molecular weight excluding hydrogens is 335 g/mol. The Kier molecular flexibility index (Phi) is 5.17. The van der Waals surface area contributed by atoms with Crippen LogP contribution in [0, 0.1) is 0 Å². The first-order chi connectivity index (χ1) is 9.92. The highest BCUT2D eigenvalue weighted by atomic mass is 35.5. The molecule has 8 heteroatoms. The Bertz CT molecular complexity index is 668. The number of carbonyl (C=O) groups excluding carboxylic acids is 1. The zero-order valence-electron chi connectivity index (χ0n) is 10.6. The van der Waals surface area contributed by atoms with Gasteiger partial charge in [-0.1, -0.05) is 23.2 Å². The van der Waals surface area contributed by atoms with Gasteiger partial charge in [0.2, 0.25) is 5.91 Å². The van der Waals surface area contributed by atoms with Crippen LogP contribution in [0.25, 0.3) is 0 Å². The zero-order valence-corrected chi connectivity index (χ0v) is 12.9. The number of nitrogens with zero attached hydrogens (tertiary/aromatic N) is 1. The van der Waals surface area contributed by atoms with E-state index in [2.05, 4.69) is 10.3 Å². The second-order valence-electron chi connectivity index (χ2n) is 4.19. The smallest absolute Gasteiger partial charge is 0.309 e. The number of rotatable bonds is 5. The van der Waals surface area contributed by atoms with Gasteiger partial charge in [0.15, 0.2) is 0 Å². The number of aliphatic carboxylic acids is 1. The number of halogens is 2. The van der Waals surface area contributed by atoms with Gasteiger partial charge in [-0.05, 0) is 18.2 Å². The van der Waals surface area contributed by atoms with Crippen molar-refractivity contribution in [3.05, 3.63) is 44.3 Å². The number of nitrogens with one attached hydrogen (secondary N) is 1. The van der Waals surface area contributed by atoms with Gasteiger partial charge in [-0.2, -0.15) is 0 Å². The van der Waals surface area contributed by atoms with E-state index in [4.69, 9.17) is 28.3 Å². The number of benzene rings is 1. The number of amides is 1. The number of carbonyl (C=O) groups is 2. The van der Waals surface area contributed by atoms with Gasteiger partial charge in [-0.3, -0.25) is 9.59 Å². The highest BCUT2D eigenvalue weighted by Crippen LogP contribution is 2.22. The normalized spacial score (nSPS) is 10.4. The van der Waals surface area contributed by atoms with E-state index in [1.54, 1.807) is 23.6 Å². The average Bonchev–Trinajstić information content (AvgIpc) is 2.73. The maximum atomic E-state index is 11.9. The Balaban J connectivity index is 1.98. The number of hydrogen-bond acceptors (Lipinski definition) is 4. The Labute approximate surface area is 134 Å². The minimum atomic E-state index is -0.954. The number of anilines is 1.